The molecule has 4 heteroatoms. The van der Waals surface area contributed by atoms with Gasteiger partial charge < -0.3 is 10.0 Å². The molecule has 0 spiro atoms. The monoisotopic (exact) mass is 198 g/mol. The number of carboxylic acid groups (broad SMARTS) is 1. The van der Waals surface area contributed by atoms with E-state index in [1.165, 1.54) is 24.2 Å². The second-order valence-electron chi connectivity index (χ2n) is 4.34. The van der Waals surface area contributed by atoms with Gasteiger partial charge in [0.25, 0.3) is 0 Å². The number of hydrogen-bond acceptors (Lipinski definition) is 2. The molecule has 2 fully saturated rings. The largest absolute Gasteiger partial charge is 0.465 e. The van der Waals surface area contributed by atoms with Gasteiger partial charge in [-0.25, -0.2) is 4.79 Å². The van der Waals surface area contributed by atoms with Gasteiger partial charge in [-0.2, -0.15) is 0 Å². The predicted molar refractivity (Wildman–Crippen MR) is 53.4 cm³/mol. The van der Waals surface area contributed by atoms with Crippen molar-refractivity contribution in [2.24, 2.45) is 5.92 Å². The van der Waals surface area contributed by atoms with Crippen molar-refractivity contribution in [1.82, 2.24) is 9.80 Å². The summed E-state index contributed by atoms with van der Waals surface area (Å²) in [7, 11) is 0. The molecule has 0 atom stereocenters. The zero-order valence-corrected chi connectivity index (χ0v) is 8.48. The highest BCUT2D eigenvalue weighted by Gasteiger charge is 2.24. The maximum Gasteiger partial charge on any atom is 0.407 e. The molecule has 2 rings (SSSR count). The zero-order chi connectivity index (χ0) is 9.97. The second-order valence-corrected chi connectivity index (χ2v) is 4.34. The van der Waals surface area contributed by atoms with E-state index >= 15 is 0 Å². The summed E-state index contributed by atoms with van der Waals surface area (Å²) < 4.78 is 0. The first-order valence-corrected chi connectivity index (χ1v) is 5.46. The van der Waals surface area contributed by atoms with Crippen LogP contribution in [0, 0.1) is 5.92 Å². The fourth-order valence-electron chi connectivity index (χ4n) is 1.93. The maximum absolute atomic E-state index is 10.6. The van der Waals surface area contributed by atoms with E-state index in [0.717, 1.165) is 25.6 Å². The fourth-order valence-corrected chi connectivity index (χ4v) is 1.93. The van der Waals surface area contributed by atoms with Crippen molar-refractivity contribution in [2.75, 3.05) is 32.7 Å². The van der Waals surface area contributed by atoms with Crippen LogP contribution in [-0.4, -0.2) is 53.7 Å². The summed E-state index contributed by atoms with van der Waals surface area (Å²) in [6.07, 6.45) is 3.36. The highest BCUT2D eigenvalue weighted by molar-refractivity contribution is 5.65. The molecule has 1 N–H and O–H groups in total. The first kappa shape index (κ1) is 9.77. The normalized spacial score (nSPS) is 23.9. The Bertz CT molecular complexity index is 208. The Kier molecular flexibility index (Phi) is 2.91. The molecule has 1 saturated heterocycles. The molecule has 1 aliphatic carbocycles. The minimum absolute atomic E-state index is 0.681. The van der Waals surface area contributed by atoms with Crippen molar-refractivity contribution in [1.29, 1.82) is 0 Å². The van der Waals surface area contributed by atoms with Gasteiger partial charge in [-0.15, -0.1) is 0 Å². The summed E-state index contributed by atoms with van der Waals surface area (Å²) in [6, 6.07) is 0. The van der Waals surface area contributed by atoms with Crippen LogP contribution in [0.25, 0.3) is 0 Å². The minimum Gasteiger partial charge on any atom is -0.465 e. The molecule has 0 aromatic carbocycles. The molecular weight excluding hydrogens is 180 g/mol. The molecule has 2 aliphatic rings. The van der Waals surface area contributed by atoms with Crippen molar-refractivity contribution in [3.63, 3.8) is 0 Å². The highest BCUT2D eigenvalue weighted by atomic mass is 16.4. The lowest BCUT2D eigenvalue weighted by Gasteiger charge is -2.33. The summed E-state index contributed by atoms with van der Waals surface area (Å²) >= 11 is 0. The van der Waals surface area contributed by atoms with Gasteiger partial charge >= 0.3 is 6.09 Å². The highest BCUT2D eigenvalue weighted by Crippen LogP contribution is 2.32. The lowest BCUT2D eigenvalue weighted by Crippen LogP contribution is -2.48. The summed E-state index contributed by atoms with van der Waals surface area (Å²) in [5.74, 6) is 0.979. The van der Waals surface area contributed by atoms with Gasteiger partial charge in [0.05, 0.1) is 0 Å². The molecule has 0 aromatic heterocycles. The fraction of sp³-hybridized carbons (Fsp3) is 0.900. The van der Waals surface area contributed by atoms with E-state index in [4.69, 9.17) is 5.11 Å². The molecule has 14 heavy (non-hydrogen) atoms. The van der Waals surface area contributed by atoms with Crippen molar-refractivity contribution in [3.05, 3.63) is 0 Å². The van der Waals surface area contributed by atoms with Crippen LogP contribution in [-0.2, 0) is 0 Å². The molecule has 4 nitrogen and oxygen atoms in total. The number of hydrogen-bond donors (Lipinski definition) is 1. The molecule has 1 heterocycles. The molecule has 80 valence electrons. The molecule has 1 amide bonds. The van der Waals surface area contributed by atoms with Gasteiger partial charge in [0, 0.05) is 26.2 Å². The average Bonchev–Trinajstić information content (AvgIpc) is 2.99. The van der Waals surface area contributed by atoms with Gasteiger partial charge in [0.15, 0.2) is 0 Å². The Morgan fingerprint density at radius 3 is 2.36 bits per heavy atom. The first-order chi connectivity index (χ1) is 6.75. The van der Waals surface area contributed by atoms with E-state index in [1.54, 1.807) is 0 Å². The van der Waals surface area contributed by atoms with Crippen LogP contribution in [0.3, 0.4) is 0 Å². The Morgan fingerprint density at radius 1 is 1.21 bits per heavy atom. The minimum atomic E-state index is -0.771. The van der Waals surface area contributed by atoms with E-state index in [2.05, 4.69) is 4.90 Å². The van der Waals surface area contributed by atoms with Crippen molar-refractivity contribution in [2.45, 2.75) is 19.3 Å². The third-order valence-electron chi connectivity index (χ3n) is 3.19. The van der Waals surface area contributed by atoms with Crippen LogP contribution in [0.1, 0.15) is 19.3 Å². The van der Waals surface area contributed by atoms with Crippen LogP contribution in [0.4, 0.5) is 4.79 Å². The quantitative estimate of drug-likeness (QED) is 0.738. The van der Waals surface area contributed by atoms with E-state index in [-0.39, 0.29) is 0 Å². The van der Waals surface area contributed by atoms with Gasteiger partial charge in [-0.05, 0) is 18.9 Å². The topological polar surface area (TPSA) is 43.8 Å². The second kappa shape index (κ2) is 4.17. The summed E-state index contributed by atoms with van der Waals surface area (Å²) in [5.41, 5.74) is 0. The molecule has 0 radical (unpaired) electrons. The molecule has 1 saturated carbocycles. The number of rotatable bonds is 3. The van der Waals surface area contributed by atoms with Crippen LogP contribution in [0.15, 0.2) is 0 Å². The first-order valence-electron chi connectivity index (χ1n) is 5.46. The van der Waals surface area contributed by atoms with E-state index in [0.29, 0.717) is 13.1 Å². The SMILES string of the molecule is O=C(O)N1CCN(CCC2CC2)CC1. The number of amides is 1. The zero-order valence-electron chi connectivity index (χ0n) is 8.48. The summed E-state index contributed by atoms with van der Waals surface area (Å²) in [4.78, 5) is 14.5. The van der Waals surface area contributed by atoms with Gasteiger partial charge in [0.2, 0.25) is 0 Å². The lowest BCUT2D eigenvalue weighted by molar-refractivity contribution is 0.104. The average molecular weight is 198 g/mol. The van der Waals surface area contributed by atoms with Crippen LogP contribution >= 0.6 is 0 Å². The number of carbonyl (C=O) groups is 1. The molecule has 0 unspecified atom stereocenters. The maximum atomic E-state index is 10.6. The van der Waals surface area contributed by atoms with Crippen LogP contribution in [0.5, 0.6) is 0 Å². The Labute approximate surface area is 84.5 Å². The van der Waals surface area contributed by atoms with E-state index in [9.17, 15) is 4.79 Å². The van der Waals surface area contributed by atoms with E-state index in [1.807, 2.05) is 0 Å². The third kappa shape index (κ3) is 2.61. The Hall–Kier alpha value is -0.770. The lowest BCUT2D eigenvalue weighted by atomic mass is 10.2. The molecule has 1 aliphatic heterocycles. The smallest absolute Gasteiger partial charge is 0.407 e. The van der Waals surface area contributed by atoms with Crippen molar-refractivity contribution < 1.29 is 9.90 Å². The Morgan fingerprint density at radius 2 is 1.86 bits per heavy atom. The molecular formula is C10H18N2O2. The summed E-state index contributed by atoms with van der Waals surface area (Å²) in [5, 5.41) is 8.76. The number of piperazine rings is 1. The van der Waals surface area contributed by atoms with E-state index < -0.39 is 6.09 Å². The van der Waals surface area contributed by atoms with Gasteiger partial charge in [-0.3, -0.25) is 4.90 Å². The van der Waals surface area contributed by atoms with Crippen LogP contribution < -0.4 is 0 Å². The summed E-state index contributed by atoms with van der Waals surface area (Å²) in [6.45, 7) is 4.36. The van der Waals surface area contributed by atoms with Crippen LogP contribution in [0.2, 0.25) is 0 Å². The van der Waals surface area contributed by atoms with Crippen molar-refractivity contribution >= 4 is 6.09 Å². The predicted octanol–water partition coefficient (Wildman–Crippen LogP) is 1.08. The number of nitrogens with zero attached hydrogens (tertiary/aromatic N) is 2. The Balaban J connectivity index is 1.64. The molecule has 0 aromatic rings. The third-order valence-corrected chi connectivity index (χ3v) is 3.19. The van der Waals surface area contributed by atoms with Gasteiger partial charge in [0.1, 0.15) is 0 Å². The standard InChI is InChI=1S/C10H18N2O2/c13-10(14)12-7-5-11(6-8-12)4-3-9-1-2-9/h9H,1-8H2,(H,13,14). The van der Waals surface area contributed by atoms with Crippen molar-refractivity contribution in [3.8, 4) is 0 Å². The molecule has 0 bridgehead atoms. The van der Waals surface area contributed by atoms with Gasteiger partial charge in [-0.1, -0.05) is 12.8 Å².